The van der Waals surface area contributed by atoms with E-state index in [-0.39, 0.29) is 17.8 Å². The van der Waals surface area contributed by atoms with Gasteiger partial charge < -0.3 is 20.1 Å². The second kappa shape index (κ2) is 8.16. The molecule has 144 valence electrons. The smallest absolute Gasteiger partial charge is 0.407 e. The van der Waals surface area contributed by atoms with Gasteiger partial charge in [0.15, 0.2) is 0 Å². The lowest BCUT2D eigenvalue weighted by atomic mass is 9.92. The fraction of sp³-hybridized carbons (Fsp3) is 0.500. The largest absolute Gasteiger partial charge is 0.465 e. The lowest BCUT2D eigenvalue weighted by Crippen LogP contribution is -2.43. The first-order valence-corrected chi connectivity index (χ1v) is 8.01. The highest BCUT2D eigenvalue weighted by atomic mass is 19.1. The molecular weight excluding hydrogens is 343 g/mol. The van der Waals surface area contributed by atoms with E-state index in [4.69, 9.17) is 4.74 Å². The number of carbonyl (C=O) groups is 3. The second-order valence-corrected chi connectivity index (χ2v) is 7.41. The molecule has 0 aliphatic rings. The molecule has 0 saturated carbocycles. The monoisotopic (exact) mass is 368 g/mol. The van der Waals surface area contributed by atoms with Crippen molar-refractivity contribution in [2.75, 3.05) is 19.0 Å². The fourth-order valence-corrected chi connectivity index (χ4v) is 1.89. The summed E-state index contributed by atoms with van der Waals surface area (Å²) in [7, 11) is 1.18. The van der Waals surface area contributed by atoms with Crippen molar-refractivity contribution in [1.29, 1.82) is 0 Å². The Balaban J connectivity index is 2.78. The van der Waals surface area contributed by atoms with Gasteiger partial charge in [0.2, 0.25) is 5.91 Å². The van der Waals surface area contributed by atoms with Crippen molar-refractivity contribution in [1.82, 2.24) is 5.32 Å². The second-order valence-electron chi connectivity index (χ2n) is 7.41. The van der Waals surface area contributed by atoms with Crippen LogP contribution in [0, 0.1) is 11.2 Å². The molecule has 0 fully saturated rings. The zero-order valence-electron chi connectivity index (χ0n) is 15.9. The van der Waals surface area contributed by atoms with E-state index >= 15 is 0 Å². The van der Waals surface area contributed by atoms with Gasteiger partial charge in [-0.3, -0.25) is 4.79 Å². The number of carbonyl (C=O) groups excluding carboxylic acids is 3. The molecule has 8 heteroatoms. The number of halogens is 1. The summed E-state index contributed by atoms with van der Waals surface area (Å²) in [6.45, 7) is 8.42. The van der Waals surface area contributed by atoms with E-state index < -0.39 is 34.8 Å². The van der Waals surface area contributed by atoms with Crippen molar-refractivity contribution in [3.8, 4) is 0 Å². The topological polar surface area (TPSA) is 93.7 Å². The number of anilines is 1. The first kappa shape index (κ1) is 21.4. The molecule has 0 heterocycles. The summed E-state index contributed by atoms with van der Waals surface area (Å²) in [4.78, 5) is 35.7. The Morgan fingerprint density at radius 2 is 1.69 bits per heavy atom. The normalized spacial score (nSPS) is 11.5. The number of ether oxygens (including phenoxy) is 2. The first-order chi connectivity index (χ1) is 11.8. The molecule has 7 nitrogen and oxygen atoms in total. The molecule has 0 unspecified atom stereocenters. The third-order valence-electron chi connectivity index (χ3n) is 3.26. The number of alkyl carbamates (subject to hydrolysis) is 1. The van der Waals surface area contributed by atoms with E-state index in [1.807, 2.05) is 0 Å². The van der Waals surface area contributed by atoms with E-state index in [9.17, 15) is 18.8 Å². The van der Waals surface area contributed by atoms with Crippen LogP contribution in [0.1, 0.15) is 45.0 Å². The van der Waals surface area contributed by atoms with E-state index in [1.165, 1.54) is 13.2 Å². The summed E-state index contributed by atoms with van der Waals surface area (Å²) < 4.78 is 23.3. The van der Waals surface area contributed by atoms with Gasteiger partial charge in [-0.05, 0) is 52.8 Å². The van der Waals surface area contributed by atoms with Gasteiger partial charge in [0.25, 0.3) is 0 Å². The minimum Gasteiger partial charge on any atom is -0.465 e. The number of methoxy groups -OCH3 is 1. The molecule has 0 aromatic heterocycles. The maximum atomic E-state index is 13.7. The highest BCUT2D eigenvalue weighted by molar-refractivity contribution is 5.97. The highest BCUT2D eigenvalue weighted by Gasteiger charge is 2.29. The molecule has 0 saturated heterocycles. The average molecular weight is 368 g/mol. The standard InChI is InChI=1S/C18H25FN2O5/c1-17(2,3)26-16(24)20-10-18(4,5)15(23)21-13-8-11(14(22)25-6)7-12(19)9-13/h7-9H,10H2,1-6H3,(H,20,24)(H,21,23). The maximum absolute atomic E-state index is 13.7. The summed E-state index contributed by atoms with van der Waals surface area (Å²) in [5, 5.41) is 5.06. The van der Waals surface area contributed by atoms with Gasteiger partial charge in [-0.2, -0.15) is 0 Å². The SMILES string of the molecule is COC(=O)c1cc(F)cc(NC(=O)C(C)(C)CNC(=O)OC(C)(C)C)c1. The van der Waals surface area contributed by atoms with Gasteiger partial charge in [-0.15, -0.1) is 0 Å². The van der Waals surface area contributed by atoms with Crippen LogP contribution >= 0.6 is 0 Å². The van der Waals surface area contributed by atoms with Crippen molar-refractivity contribution >= 4 is 23.7 Å². The molecule has 26 heavy (non-hydrogen) atoms. The average Bonchev–Trinajstić information content (AvgIpc) is 2.50. The fourth-order valence-electron chi connectivity index (χ4n) is 1.89. The van der Waals surface area contributed by atoms with Crippen LogP contribution in [0.2, 0.25) is 0 Å². The van der Waals surface area contributed by atoms with Crippen molar-refractivity contribution < 1.29 is 28.2 Å². The zero-order chi connectivity index (χ0) is 20.1. The van der Waals surface area contributed by atoms with E-state index in [1.54, 1.807) is 34.6 Å². The van der Waals surface area contributed by atoms with Gasteiger partial charge in [-0.1, -0.05) is 0 Å². The molecule has 1 aromatic rings. The van der Waals surface area contributed by atoms with Gasteiger partial charge in [-0.25, -0.2) is 14.0 Å². The Morgan fingerprint density at radius 3 is 2.23 bits per heavy atom. The van der Waals surface area contributed by atoms with E-state index in [0.29, 0.717) is 0 Å². The quantitative estimate of drug-likeness (QED) is 0.779. The summed E-state index contributed by atoms with van der Waals surface area (Å²) in [6, 6.07) is 3.41. The lowest BCUT2D eigenvalue weighted by molar-refractivity contribution is -0.123. The van der Waals surface area contributed by atoms with Crippen LogP contribution in [0.25, 0.3) is 0 Å². The minimum atomic E-state index is -1.01. The molecular formula is C18H25FN2O5. The van der Waals surface area contributed by atoms with Crippen LogP contribution in [0.15, 0.2) is 18.2 Å². The highest BCUT2D eigenvalue weighted by Crippen LogP contribution is 2.20. The van der Waals surface area contributed by atoms with Gasteiger partial charge in [0, 0.05) is 12.2 Å². The summed E-state index contributed by atoms with van der Waals surface area (Å²) in [5.41, 5.74) is -1.56. The third-order valence-corrected chi connectivity index (χ3v) is 3.26. The van der Waals surface area contributed by atoms with Crippen LogP contribution < -0.4 is 10.6 Å². The number of hydrogen-bond donors (Lipinski definition) is 2. The summed E-state index contributed by atoms with van der Waals surface area (Å²) in [5.74, 6) is -1.87. The molecule has 0 aliphatic carbocycles. The minimum absolute atomic E-state index is 0.00687. The van der Waals surface area contributed by atoms with Crippen molar-refractivity contribution in [3.05, 3.63) is 29.6 Å². The van der Waals surface area contributed by atoms with Crippen LogP contribution in [0.3, 0.4) is 0 Å². The Morgan fingerprint density at radius 1 is 1.08 bits per heavy atom. The number of esters is 1. The molecule has 0 aliphatic heterocycles. The molecule has 0 radical (unpaired) electrons. The van der Waals surface area contributed by atoms with E-state index in [0.717, 1.165) is 12.1 Å². The van der Waals surface area contributed by atoms with Gasteiger partial charge in [0.1, 0.15) is 11.4 Å². The summed E-state index contributed by atoms with van der Waals surface area (Å²) >= 11 is 0. The predicted molar refractivity (Wildman–Crippen MR) is 94.4 cm³/mol. The predicted octanol–water partition coefficient (Wildman–Crippen LogP) is 3.10. The molecule has 0 spiro atoms. The Labute approximate surface area is 152 Å². The number of hydrogen-bond acceptors (Lipinski definition) is 5. The number of amides is 2. The van der Waals surface area contributed by atoms with Crippen molar-refractivity contribution in [2.45, 2.75) is 40.2 Å². The summed E-state index contributed by atoms with van der Waals surface area (Å²) in [6.07, 6.45) is -0.642. The Hall–Kier alpha value is -2.64. The van der Waals surface area contributed by atoms with Crippen molar-refractivity contribution in [2.24, 2.45) is 5.41 Å². The molecule has 2 N–H and O–H groups in total. The number of rotatable bonds is 5. The molecule has 0 bridgehead atoms. The van der Waals surface area contributed by atoms with Crippen molar-refractivity contribution in [3.63, 3.8) is 0 Å². The Kier molecular flexibility index (Phi) is 6.72. The van der Waals surface area contributed by atoms with Crippen LogP contribution in [0.5, 0.6) is 0 Å². The Bertz CT molecular complexity index is 695. The van der Waals surface area contributed by atoms with Crippen LogP contribution in [0.4, 0.5) is 14.9 Å². The molecule has 2 amide bonds. The molecule has 1 rings (SSSR count). The van der Waals surface area contributed by atoms with Gasteiger partial charge >= 0.3 is 12.1 Å². The lowest BCUT2D eigenvalue weighted by Gasteiger charge is -2.25. The maximum Gasteiger partial charge on any atom is 0.407 e. The molecule has 1 aromatic carbocycles. The number of nitrogens with one attached hydrogen (secondary N) is 2. The first-order valence-electron chi connectivity index (χ1n) is 8.01. The van der Waals surface area contributed by atoms with Crippen LogP contribution in [-0.4, -0.2) is 37.2 Å². The van der Waals surface area contributed by atoms with E-state index in [2.05, 4.69) is 15.4 Å². The molecule has 0 atom stereocenters. The number of benzene rings is 1. The van der Waals surface area contributed by atoms with Gasteiger partial charge in [0.05, 0.1) is 18.1 Å². The zero-order valence-corrected chi connectivity index (χ0v) is 15.9. The third kappa shape index (κ3) is 6.70. The van der Waals surface area contributed by atoms with Crippen LogP contribution in [-0.2, 0) is 14.3 Å².